The van der Waals surface area contributed by atoms with Crippen LogP contribution in [0.25, 0.3) is 0 Å². The smallest absolute Gasteiger partial charge is 0.320 e. The Kier molecular flexibility index (Phi) is 10.1. The minimum atomic E-state index is -0.648. The second-order valence-corrected chi connectivity index (χ2v) is 11.4. The van der Waals surface area contributed by atoms with Gasteiger partial charge in [-0.15, -0.1) is 0 Å². The third kappa shape index (κ3) is 11.1. The average Bonchev–Trinajstić information content (AvgIpc) is 2.71. The average molecular weight is 592 g/mol. The van der Waals surface area contributed by atoms with E-state index in [1.54, 1.807) is 64.6 Å². The second kappa shape index (κ2) is 12.4. The second-order valence-electron chi connectivity index (χ2n) is 10.2. The van der Waals surface area contributed by atoms with Gasteiger partial charge in [0.15, 0.2) is 0 Å². The molecule has 0 fully saturated rings. The standard InChI is InChI=1S/C27H33IN2O5/c1-26(2,3)34-24(31)16-30(17-25(32)35-27(4,5)6)15-21-10-7-20(14-29)13-23(21)33-18-19-8-11-22(28)12-9-19/h7-13H,15-18H2,1-6H3. The van der Waals surface area contributed by atoms with Crippen molar-refractivity contribution in [3.8, 4) is 11.8 Å². The minimum absolute atomic E-state index is 0.104. The van der Waals surface area contributed by atoms with Crippen LogP contribution in [-0.2, 0) is 32.2 Å². The zero-order valence-electron chi connectivity index (χ0n) is 21.2. The molecule has 0 amide bonds. The maximum Gasteiger partial charge on any atom is 0.320 e. The summed E-state index contributed by atoms with van der Waals surface area (Å²) in [6.07, 6.45) is 0. The van der Waals surface area contributed by atoms with Crippen molar-refractivity contribution in [3.63, 3.8) is 0 Å². The fraction of sp³-hybridized carbons (Fsp3) is 0.444. The van der Waals surface area contributed by atoms with Crippen molar-refractivity contribution in [2.45, 2.75) is 65.9 Å². The SMILES string of the molecule is CC(C)(C)OC(=O)CN(CC(=O)OC(C)(C)C)Cc1ccc(C#N)cc1OCc1ccc(I)cc1. The molecule has 0 unspecified atom stereocenters. The summed E-state index contributed by atoms with van der Waals surface area (Å²) >= 11 is 2.24. The molecule has 0 heterocycles. The van der Waals surface area contributed by atoms with Crippen LogP contribution in [-0.4, -0.2) is 41.1 Å². The van der Waals surface area contributed by atoms with Crippen molar-refractivity contribution in [1.29, 1.82) is 5.26 Å². The van der Waals surface area contributed by atoms with Crippen LogP contribution in [0.3, 0.4) is 0 Å². The van der Waals surface area contributed by atoms with E-state index in [9.17, 15) is 14.9 Å². The molecule has 0 saturated heterocycles. The van der Waals surface area contributed by atoms with Crippen LogP contribution in [0.5, 0.6) is 5.75 Å². The summed E-state index contributed by atoms with van der Waals surface area (Å²) in [4.78, 5) is 26.8. The molecule has 0 saturated carbocycles. The molecule has 0 aliphatic carbocycles. The first-order valence-electron chi connectivity index (χ1n) is 11.3. The molecule has 8 heteroatoms. The molecule has 0 bridgehead atoms. The van der Waals surface area contributed by atoms with E-state index in [0.29, 0.717) is 17.9 Å². The van der Waals surface area contributed by atoms with Gasteiger partial charge >= 0.3 is 11.9 Å². The Labute approximate surface area is 221 Å². The summed E-state index contributed by atoms with van der Waals surface area (Å²) in [6, 6.07) is 15.2. The van der Waals surface area contributed by atoms with Crippen LogP contribution in [0.2, 0.25) is 0 Å². The number of benzene rings is 2. The van der Waals surface area contributed by atoms with Crippen LogP contribution >= 0.6 is 22.6 Å². The molecule has 0 aliphatic heterocycles. The molecule has 0 spiro atoms. The predicted molar refractivity (Wildman–Crippen MR) is 142 cm³/mol. The molecule has 0 atom stereocenters. The molecule has 35 heavy (non-hydrogen) atoms. The Balaban J connectivity index is 2.26. The Hall–Kier alpha value is -2.64. The van der Waals surface area contributed by atoms with Gasteiger partial charge in [-0.3, -0.25) is 14.5 Å². The van der Waals surface area contributed by atoms with E-state index in [2.05, 4.69) is 28.7 Å². The summed E-state index contributed by atoms with van der Waals surface area (Å²) < 4.78 is 18.1. The lowest BCUT2D eigenvalue weighted by molar-refractivity contribution is -0.160. The first kappa shape index (κ1) is 28.6. The van der Waals surface area contributed by atoms with Crippen LogP contribution in [0.1, 0.15) is 58.2 Å². The fourth-order valence-electron chi connectivity index (χ4n) is 3.15. The maximum absolute atomic E-state index is 12.6. The van der Waals surface area contributed by atoms with Gasteiger partial charge in [-0.1, -0.05) is 18.2 Å². The molecule has 7 nitrogen and oxygen atoms in total. The van der Waals surface area contributed by atoms with Gasteiger partial charge < -0.3 is 14.2 Å². The van der Waals surface area contributed by atoms with Gasteiger partial charge in [0.1, 0.15) is 23.6 Å². The number of carbonyl (C=O) groups is 2. The first-order valence-corrected chi connectivity index (χ1v) is 12.4. The molecular formula is C27H33IN2O5. The number of nitriles is 1. The quantitative estimate of drug-likeness (QED) is 0.291. The van der Waals surface area contributed by atoms with Gasteiger partial charge in [-0.25, -0.2) is 0 Å². The van der Waals surface area contributed by atoms with E-state index in [1.165, 1.54) is 0 Å². The predicted octanol–water partition coefficient (Wildman–Crippen LogP) is 5.23. The third-order valence-corrected chi connectivity index (χ3v) is 5.16. The van der Waals surface area contributed by atoms with Gasteiger partial charge in [0.2, 0.25) is 0 Å². The number of halogens is 1. The highest BCUT2D eigenvalue weighted by Crippen LogP contribution is 2.24. The molecule has 188 valence electrons. The van der Waals surface area contributed by atoms with Crippen LogP contribution in [0, 0.1) is 14.9 Å². The normalized spacial score (nSPS) is 11.6. The summed E-state index contributed by atoms with van der Waals surface area (Å²) in [7, 11) is 0. The molecule has 2 aromatic carbocycles. The number of hydrogen-bond acceptors (Lipinski definition) is 7. The van der Waals surface area contributed by atoms with E-state index < -0.39 is 23.1 Å². The topological polar surface area (TPSA) is 88.9 Å². The number of hydrogen-bond donors (Lipinski definition) is 0. The highest BCUT2D eigenvalue weighted by molar-refractivity contribution is 14.1. The van der Waals surface area contributed by atoms with Crippen molar-refractivity contribution < 1.29 is 23.8 Å². The lowest BCUT2D eigenvalue weighted by Crippen LogP contribution is -2.39. The zero-order valence-corrected chi connectivity index (χ0v) is 23.3. The van der Waals surface area contributed by atoms with E-state index in [-0.39, 0.29) is 19.6 Å². The number of ether oxygens (including phenoxy) is 3. The van der Waals surface area contributed by atoms with E-state index >= 15 is 0 Å². The molecule has 0 aliphatic rings. The minimum Gasteiger partial charge on any atom is -0.489 e. The number of nitrogens with zero attached hydrogens (tertiary/aromatic N) is 2. The molecule has 2 aromatic rings. The number of esters is 2. The summed E-state index contributed by atoms with van der Waals surface area (Å²) in [5.74, 6) is -0.381. The lowest BCUT2D eigenvalue weighted by Gasteiger charge is -2.27. The van der Waals surface area contributed by atoms with E-state index in [0.717, 1.165) is 14.7 Å². The highest BCUT2D eigenvalue weighted by atomic mass is 127. The van der Waals surface area contributed by atoms with Gasteiger partial charge in [-0.2, -0.15) is 5.26 Å². The molecule has 2 rings (SSSR count). The van der Waals surface area contributed by atoms with Gasteiger partial charge in [0.05, 0.1) is 24.7 Å². The largest absolute Gasteiger partial charge is 0.489 e. The van der Waals surface area contributed by atoms with Crippen LogP contribution < -0.4 is 4.74 Å². The van der Waals surface area contributed by atoms with Crippen LogP contribution in [0.15, 0.2) is 42.5 Å². The molecular weight excluding hydrogens is 559 g/mol. The molecule has 0 N–H and O–H groups in total. The monoisotopic (exact) mass is 592 g/mol. The molecule has 0 radical (unpaired) electrons. The van der Waals surface area contributed by atoms with Gasteiger partial charge in [-0.05, 0) is 94.0 Å². The van der Waals surface area contributed by atoms with Gasteiger partial charge in [0, 0.05) is 15.7 Å². The molecule has 0 aromatic heterocycles. The van der Waals surface area contributed by atoms with Gasteiger partial charge in [0.25, 0.3) is 0 Å². The van der Waals surface area contributed by atoms with Crippen molar-refractivity contribution in [2.75, 3.05) is 13.1 Å². The Morgan fingerprint density at radius 2 is 1.46 bits per heavy atom. The fourth-order valence-corrected chi connectivity index (χ4v) is 3.51. The van der Waals surface area contributed by atoms with Crippen LogP contribution in [0.4, 0.5) is 0 Å². The van der Waals surface area contributed by atoms with E-state index in [4.69, 9.17) is 14.2 Å². The Bertz CT molecular complexity index is 1030. The number of rotatable bonds is 9. The number of carbonyl (C=O) groups excluding carboxylic acids is 2. The van der Waals surface area contributed by atoms with Crippen molar-refractivity contribution in [3.05, 3.63) is 62.7 Å². The first-order chi connectivity index (χ1) is 16.2. The zero-order chi connectivity index (χ0) is 26.2. The summed E-state index contributed by atoms with van der Waals surface area (Å²) in [5, 5.41) is 9.37. The van der Waals surface area contributed by atoms with Crippen molar-refractivity contribution in [1.82, 2.24) is 4.90 Å². The van der Waals surface area contributed by atoms with Crippen molar-refractivity contribution >= 4 is 34.5 Å². The highest BCUT2D eigenvalue weighted by Gasteiger charge is 2.24. The Morgan fingerprint density at radius 1 is 0.914 bits per heavy atom. The van der Waals surface area contributed by atoms with E-state index in [1.807, 2.05) is 24.3 Å². The summed E-state index contributed by atoms with van der Waals surface area (Å²) in [5.41, 5.74) is 0.882. The van der Waals surface area contributed by atoms with Crippen molar-refractivity contribution in [2.24, 2.45) is 0 Å². The summed E-state index contributed by atoms with van der Waals surface area (Å²) in [6.45, 7) is 11.1. The lowest BCUT2D eigenvalue weighted by atomic mass is 10.1. The third-order valence-electron chi connectivity index (χ3n) is 4.44. The maximum atomic E-state index is 12.6. The Morgan fingerprint density at radius 3 is 1.94 bits per heavy atom.